The van der Waals surface area contributed by atoms with E-state index in [-0.39, 0.29) is 16.5 Å². The molecule has 0 bridgehead atoms. The smallest absolute Gasteiger partial charge is 0.143 e. The third-order valence-corrected chi connectivity index (χ3v) is 4.68. The van der Waals surface area contributed by atoms with Crippen molar-refractivity contribution in [2.75, 3.05) is 0 Å². The molecule has 1 unspecified atom stereocenters. The van der Waals surface area contributed by atoms with Crippen molar-refractivity contribution in [1.29, 1.82) is 0 Å². The molecule has 0 saturated heterocycles. The van der Waals surface area contributed by atoms with Crippen LogP contribution < -0.4 is 0 Å². The number of hydrogen-bond donors (Lipinski definition) is 1. The number of benzene rings is 2. The van der Waals surface area contributed by atoms with Crippen LogP contribution in [0.3, 0.4) is 0 Å². The molecule has 2 rings (SSSR count). The van der Waals surface area contributed by atoms with Crippen LogP contribution in [0.1, 0.15) is 17.2 Å². The summed E-state index contributed by atoms with van der Waals surface area (Å²) in [5, 5.41) is 10.2. The van der Waals surface area contributed by atoms with Gasteiger partial charge >= 0.3 is 0 Å². The molecule has 0 aliphatic heterocycles. The summed E-state index contributed by atoms with van der Waals surface area (Å²) in [6.45, 7) is 0. The molecule has 2 aromatic rings. The number of aliphatic hydroxyl groups is 1. The molecule has 0 aliphatic carbocycles. The first-order valence-electron chi connectivity index (χ1n) is 5.65. The highest BCUT2D eigenvalue weighted by Gasteiger charge is 2.19. The highest BCUT2D eigenvalue weighted by Crippen LogP contribution is 2.31. The fraction of sp³-hybridized carbons (Fsp3) is 0.143. The molecule has 0 fully saturated rings. The Bertz CT molecular complexity index is 647. The van der Waals surface area contributed by atoms with Crippen molar-refractivity contribution in [2.45, 2.75) is 12.5 Å². The predicted octanol–water partition coefficient (Wildman–Crippen LogP) is 5.53. The largest absolute Gasteiger partial charge is 0.388 e. The molecule has 0 radical (unpaired) electrons. The highest BCUT2D eigenvalue weighted by molar-refractivity contribution is 9.11. The minimum Gasteiger partial charge on any atom is -0.388 e. The zero-order valence-electron chi connectivity index (χ0n) is 10.0. The Hall–Kier alpha value is -0.300. The summed E-state index contributed by atoms with van der Waals surface area (Å²) >= 11 is 9.63. The van der Waals surface area contributed by atoms with E-state index in [1.165, 1.54) is 12.1 Å². The van der Waals surface area contributed by atoms with E-state index in [0.717, 1.165) is 4.47 Å². The van der Waals surface area contributed by atoms with Crippen LogP contribution in [0.15, 0.2) is 43.7 Å². The van der Waals surface area contributed by atoms with Crippen molar-refractivity contribution in [2.24, 2.45) is 0 Å². The highest BCUT2D eigenvalue weighted by atomic mass is 79.9. The summed E-state index contributed by atoms with van der Waals surface area (Å²) in [4.78, 5) is 0. The van der Waals surface area contributed by atoms with Gasteiger partial charge in [0, 0.05) is 20.9 Å². The quantitative estimate of drug-likeness (QED) is 0.585. The minimum atomic E-state index is -1.01. The zero-order chi connectivity index (χ0) is 14.9. The Kier molecular flexibility index (Phi) is 5.34. The van der Waals surface area contributed by atoms with Crippen LogP contribution in [0.25, 0.3) is 0 Å². The van der Waals surface area contributed by atoms with Gasteiger partial charge < -0.3 is 5.11 Å². The molecule has 0 aliphatic rings. The third-order valence-electron chi connectivity index (χ3n) is 2.85. The van der Waals surface area contributed by atoms with Gasteiger partial charge in [0.05, 0.1) is 10.6 Å². The van der Waals surface area contributed by atoms with Gasteiger partial charge in [-0.3, -0.25) is 0 Å². The molecule has 1 N–H and O–H groups in total. The molecule has 0 amide bonds. The molecule has 1 atom stereocenters. The van der Waals surface area contributed by atoms with Crippen molar-refractivity contribution in [3.05, 3.63) is 66.5 Å². The van der Waals surface area contributed by atoms with E-state index in [1.54, 1.807) is 18.2 Å². The summed E-state index contributed by atoms with van der Waals surface area (Å²) in [5.74, 6) is -1.36. The molecule has 6 heteroatoms. The Morgan fingerprint density at radius 1 is 1.00 bits per heavy atom. The second-order valence-corrected chi connectivity index (χ2v) is 6.83. The first-order chi connectivity index (χ1) is 9.40. The van der Waals surface area contributed by atoms with Gasteiger partial charge in [-0.25, -0.2) is 8.78 Å². The van der Waals surface area contributed by atoms with E-state index in [2.05, 4.69) is 47.8 Å². The standard InChI is InChI=1S/C14H9Br3F2O/c15-7-1-2-10(16)8(5-7)13(20)6-9-12(18)4-3-11(17)14(9)19/h1-5,13,20H,6H2. The van der Waals surface area contributed by atoms with Crippen molar-refractivity contribution in [3.63, 3.8) is 0 Å². The molecule has 106 valence electrons. The maximum atomic E-state index is 13.9. The van der Waals surface area contributed by atoms with Crippen LogP contribution in [0, 0.1) is 11.6 Å². The Morgan fingerprint density at radius 3 is 2.35 bits per heavy atom. The fourth-order valence-electron chi connectivity index (χ4n) is 1.83. The van der Waals surface area contributed by atoms with Crippen molar-refractivity contribution >= 4 is 47.8 Å². The monoisotopic (exact) mass is 468 g/mol. The van der Waals surface area contributed by atoms with Crippen LogP contribution in [0.2, 0.25) is 0 Å². The summed E-state index contributed by atoms with van der Waals surface area (Å²) in [6.07, 6.45) is -1.16. The molecule has 0 saturated carbocycles. The SMILES string of the molecule is OC(Cc1c(F)ccc(Br)c1F)c1cc(Br)ccc1Br. The van der Waals surface area contributed by atoms with E-state index in [0.29, 0.717) is 10.0 Å². The van der Waals surface area contributed by atoms with Crippen LogP contribution in [-0.2, 0) is 6.42 Å². The van der Waals surface area contributed by atoms with Crippen LogP contribution >= 0.6 is 47.8 Å². The lowest BCUT2D eigenvalue weighted by Crippen LogP contribution is -2.07. The number of aliphatic hydroxyl groups excluding tert-OH is 1. The van der Waals surface area contributed by atoms with Crippen molar-refractivity contribution in [1.82, 2.24) is 0 Å². The Labute approximate surface area is 140 Å². The van der Waals surface area contributed by atoms with E-state index < -0.39 is 17.7 Å². The topological polar surface area (TPSA) is 20.2 Å². The summed E-state index contributed by atoms with van der Waals surface area (Å²) in [5.41, 5.74) is 0.428. The lowest BCUT2D eigenvalue weighted by molar-refractivity contribution is 0.174. The molecule has 0 aromatic heterocycles. The molecule has 0 spiro atoms. The number of hydrogen-bond acceptors (Lipinski definition) is 1. The average Bonchev–Trinajstić information content (AvgIpc) is 2.41. The number of halogens is 5. The van der Waals surface area contributed by atoms with Gasteiger partial charge in [-0.1, -0.05) is 31.9 Å². The molecule has 1 nitrogen and oxygen atoms in total. The lowest BCUT2D eigenvalue weighted by atomic mass is 10.0. The van der Waals surface area contributed by atoms with E-state index in [9.17, 15) is 13.9 Å². The van der Waals surface area contributed by atoms with Crippen LogP contribution in [0.4, 0.5) is 8.78 Å². The minimum absolute atomic E-state index is 0.140. The molecular formula is C14H9Br3F2O. The third kappa shape index (κ3) is 3.47. The summed E-state index contributed by atoms with van der Waals surface area (Å²) in [6, 6.07) is 7.75. The maximum absolute atomic E-state index is 13.9. The molecular weight excluding hydrogens is 462 g/mol. The van der Waals surface area contributed by atoms with Gasteiger partial charge in [-0.2, -0.15) is 0 Å². The van der Waals surface area contributed by atoms with Crippen LogP contribution in [-0.4, -0.2) is 5.11 Å². The van der Waals surface area contributed by atoms with Gasteiger partial charge in [-0.15, -0.1) is 0 Å². The van der Waals surface area contributed by atoms with Gasteiger partial charge in [0.1, 0.15) is 11.6 Å². The number of rotatable bonds is 3. The first kappa shape index (κ1) is 16.1. The first-order valence-corrected chi connectivity index (χ1v) is 8.03. The predicted molar refractivity (Wildman–Crippen MR) is 84.6 cm³/mol. The summed E-state index contributed by atoms with van der Waals surface area (Å²) < 4.78 is 29.2. The second-order valence-electron chi connectivity index (χ2n) is 4.21. The van der Waals surface area contributed by atoms with E-state index >= 15 is 0 Å². The van der Waals surface area contributed by atoms with Gasteiger partial charge in [0.25, 0.3) is 0 Å². The Morgan fingerprint density at radius 2 is 1.65 bits per heavy atom. The average molecular weight is 471 g/mol. The Balaban J connectivity index is 2.35. The van der Waals surface area contributed by atoms with Gasteiger partial charge in [0.15, 0.2) is 0 Å². The van der Waals surface area contributed by atoms with E-state index in [4.69, 9.17) is 0 Å². The van der Waals surface area contributed by atoms with Crippen molar-refractivity contribution in [3.8, 4) is 0 Å². The normalized spacial score (nSPS) is 12.5. The maximum Gasteiger partial charge on any atom is 0.143 e. The second kappa shape index (κ2) is 6.64. The van der Waals surface area contributed by atoms with Gasteiger partial charge in [-0.05, 0) is 51.8 Å². The fourth-order valence-corrected chi connectivity index (χ4v) is 3.09. The van der Waals surface area contributed by atoms with Crippen molar-refractivity contribution < 1.29 is 13.9 Å². The van der Waals surface area contributed by atoms with Crippen LogP contribution in [0.5, 0.6) is 0 Å². The zero-order valence-corrected chi connectivity index (χ0v) is 14.8. The van der Waals surface area contributed by atoms with E-state index in [1.807, 2.05) is 0 Å². The molecule has 2 aromatic carbocycles. The van der Waals surface area contributed by atoms with Gasteiger partial charge in [0.2, 0.25) is 0 Å². The lowest BCUT2D eigenvalue weighted by Gasteiger charge is -2.15. The summed E-state index contributed by atoms with van der Waals surface area (Å²) in [7, 11) is 0. The molecule has 20 heavy (non-hydrogen) atoms. The molecule has 0 heterocycles.